The molecule has 3 heterocycles. The van der Waals surface area contributed by atoms with Crippen LogP contribution in [0.2, 0.25) is 0 Å². The van der Waals surface area contributed by atoms with Gasteiger partial charge in [-0.05, 0) is 51.5 Å². The Labute approximate surface area is 145 Å². The van der Waals surface area contributed by atoms with Gasteiger partial charge < -0.3 is 4.42 Å². The van der Waals surface area contributed by atoms with Gasteiger partial charge in [-0.1, -0.05) is 18.2 Å². The van der Waals surface area contributed by atoms with Crippen LogP contribution in [0.25, 0.3) is 10.8 Å². The normalized spacial score (nSPS) is 11.4. The lowest BCUT2D eigenvalue weighted by atomic mass is 10.1. The number of hydrogen-bond acceptors (Lipinski definition) is 4. The average Bonchev–Trinajstić information content (AvgIpc) is 3.29. The number of fused-ring (bicyclic) bond motifs is 1. The predicted octanol–water partition coefficient (Wildman–Crippen LogP) is 5.09. The molecule has 1 aromatic carbocycles. The molecule has 0 aliphatic heterocycles. The molecule has 4 aromatic rings. The summed E-state index contributed by atoms with van der Waals surface area (Å²) in [5.41, 5.74) is 2.66. The lowest BCUT2D eigenvalue weighted by Gasteiger charge is -2.22. The van der Waals surface area contributed by atoms with Gasteiger partial charge in [0.2, 0.25) is 0 Å². The van der Waals surface area contributed by atoms with Crippen LogP contribution >= 0.6 is 11.3 Å². The SMILES string of the molecule is c1coc(CN(Cc2ccsc2)Cc2cccc3cnccc23)c1. The average molecular weight is 334 g/mol. The van der Waals surface area contributed by atoms with E-state index >= 15 is 0 Å². The zero-order chi connectivity index (χ0) is 16.2. The van der Waals surface area contributed by atoms with Crippen molar-refractivity contribution in [3.05, 3.63) is 88.8 Å². The largest absolute Gasteiger partial charge is 0.468 e. The van der Waals surface area contributed by atoms with E-state index in [9.17, 15) is 0 Å². The first-order chi connectivity index (χ1) is 11.9. The van der Waals surface area contributed by atoms with Crippen molar-refractivity contribution in [3.63, 3.8) is 0 Å². The Morgan fingerprint density at radius 3 is 2.83 bits per heavy atom. The summed E-state index contributed by atoms with van der Waals surface area (Å²) >= 11 is 1.74. The molecule has 4 heteroatoms. The number of furan rings is 1. The first-order valence-electron chi connectivity index (χ1n) is 7.96. The van der Waals surface area contributed by atoms with E-state index in [0.29, 0.717) is 0 Å². The molecule has 0 spiro atoms. The van der Waals surface area contributed by atoms with Crippen LogP contribution in [0.4, 0.5) is 0 Å². The highest BCUT2D eigenvalue weighted by Crippen LogP contribution is 2.22. The first-order valence-corrected chi connectivity index (χ1v) is 8.90. The van der Waals surface area contributed by atoms with Crippen molar-refractivity contribution in [1.29, 1.82) is 0 Å². The third kappa shape index (κ3) is 3.40. The molecule has 0 radical (unpaired) electrons. The second-order valence-electron chi connectivity index (χ2n) is 5.87. The highest BCUT2D eigenvalue weighted by Gasteiger charge is 2.12. The van der Waals surface area contributed by atoms with Gasteiger partial charge in [-0.3, -0.25) is 9.88 Å². The number of nitrogens with zero attached hydrogens (tertiary/aromatic N) is 2. The summed E-state index contributed by atoms with van der Waals surface area (Å²) in [6, 6.07) is 14.7. The van der Waals surface area contributed by atoms with Crippen molar-refractivity contribution >= 4 is 22.1 Å². The number of hydrogen-bond donors (Lipinski definition) is 0. The number of thiophene rings is 1. The summed E-state index contributed by atoms with van der Waals surface area (Å²) in [6.07, 6.45) is 5.53. The van der Waals surface area contributed by atoms with E-state index < -0.39 is 0 Å². The zero-order valence-electron chi connectivity index (χ0n) is 13.3. The van der Waals surface area contributed by atoms with Gasteiger partial charge in [-0.15, -0.1) is 0 Å². The van der Waals surface area contributed by atoms with Crippen molar-refractivity contribution in [1.82, 2.24) is 9.88 Å². The maximum Gasteiger partial charge on any atom is 0.117 e. The molecule has 0 amide bonds. The zero-order valence-corrected chi connectivity index (χ0v) is 14.1. The Morgan fingerprint density at radius 2 is 2.00 bits per heavy atom. The van der Waals surface area contributed by atoms with Crippen LogP contribution in [-0.4, -0.2) is 9.88 Å². The molecule has 4 rings (SSSR count). The van der Waals surface area contributed by atoms with Gasteiger partial charge in [-0.25, -0.2) is 0 Å². The Balaban J connectivity index is 1.62. The Hall–Kier alpha value is -2.43. The quantitative estimate of drug-likeness (QED) is 0.492. The van der Waals surface area contributed by atoms with E-state index in [1.807, 2.05) is 24.5 Å². The summed E-state index contributed by atoms with van der Waals surface area (Å²) < 4.78 is 5.56. The molecule has 0 N–H and O–H groups in total. The van der Waals surface area contributed by atoms with E-state index in [1.54, 1.807) is 17.6 Å². The Morgan fingerprint density at radius 1 is 1.00 bits per heavy atom. The van der Waals surface area contributed by atoms with Gasteiger partial charge >= 0.3 is 0 Å². The van der Waals surface area contributed by atoms with Gasteiger partial charge in [0.1, 0.15) is 5.76 Å². The molecule has 0 fully saturated rings. The second kappa shape index (κ2) is 6.99. The predicted molar refractivity (Wildman–Crippen MR) is 97.7 cm³/mol. The molecule has 3 aromatic heterocycles. The maximum atomic E-state index is 5.56. The van der Waals surface area contributed by atoms with Gasteiger partial charge in [0.25, 0.3) is 0 Å². The topological polar surface area (TPSA) is 29.3 Å². The molecule has 0 unspecified atom stereocenters. The summed E-state index contributed by atoms with van der Waals surface area (Å²) in [7, 11) is 0. The van der Waals surface area contributed by atoms with Crippen LogP contribution in [0, 0.1) is 0 Å². The maximum absolute atomic E-state index is 5.56. The molecular weight excluding hydrogens is 316 g/mol. The van der Waals surface area contributed by atoms with Gasteiger partial charge in [0.15, 0.2) is 0 Å². The molecule has 0 atom stereocenters. The molecule has 3 nitrogen and oxygen atoms in total. The summed E-state index contributed by atoms with van der Waals surface area (Å²) in [4.78, 5) is 6.64. The minimum absolute atomic E-state index is 0.796. The van der Waals surface area contributed by atoms with Crippen molar-refractivity contribution in [2.75, 3.05) is 0 Å². The minimum Gasteiger partial charge on any atom is -0.468 e. The first kappa shape index (κ1) is 15.1. The summed E-state index contributed by atoms with van der Waals surface area (Å²) in [5, 5.41) is 6.79. The summed E-state index contributed by atoms with van der Waals surface area (Å²) in [5.74, 6) is 0.993. The van der Waals surface area contributed by atoms with Crippen molar-refractivity contribution in [2.24, 2.45) is 0 Å². The van der Waals surface area contributed by atoms with Crippen molar-refractivity contribution in [3.8, 4) is 0 Å². The fraction of sp³-hybridized carbons (Fsp3) is 0.150. The smallest absolute Gasteiger partial charge is 0.117 e. The van der Waals surface area contributed by atoms with Crippen LogP contribution in [0.15, 0.2) is 76.3 Å². The Kier molecular flexibility index (Phi) is 4.40. The van der Waals surface area contributed by atoms with Gasteiger partial charge in [-0.2, -0.15) is 11.3 Å². The minimum atomic E-state index is 0.796. The standard InChI is InChI=1S/C20H18N2OS/c1-3-17-11-21-8-6-20(17)18(4-1)13-22(12-16-7-10-24-15-16)14-19-5-2-9-23-19/h1-11,15H,12-14H2. The molecule has 0 saturated heterocycles. The van der Waals surface area contributed by atoms with E-state index in [1.165, 1.54) is 21.9 Å². The molecular formula is C20H18N2OS. The molecule has 0 aliphatic carbocycles. The van der Waals surface area contributed by atoms with Crippen LogP contribution < -0.4 is 0 Å². The van der Waals surface area contributed by atoms with E-state index in [0.717, 1.165) is 25.4 Å². The number of aromatic nitrogens is 1. The van der Waals surface area contributed by atoms with Crippen LogP contribution in [-0.2, 0) is 19.6 Å². The Bertz CT molecular complexity index is 859. The number of pyridine rings is 1. The van der Waals surface area contributed by atoms with Gasteiger partial charge in [0, 0.05) is 30.9 Å². The van der Waals surface area contributed by atoms with Crippen LogP contribution in [0.1, 0.15) is 16.9 Å². The van der Waals surface area contributed by atoms with Gasteiger partial charge in [0.05, 0.1) is 12.8 Å². The second-order valence-corrected chi connectivity index (χ2v) is 6.65. The molecule has 120 valence electrons. The molecule has 0 bridgehead atoms. The highest BCUT2D eigenvalue weighted by atomic mass is 32.1. The monoisotopic (exact) mass is 334 g/mol. The fourth-order valence-electron chi connectivity index (χ4n) is 3.00. The number of rotatable bonds is 6. The third-order valence-corrected chi connectivity index (χ3v) is 4.84. The third-order valence-electron chi connectivity index (χ3n) is 4.11. The molecule has 24 heavy (non-hydrogen) atoms. The van der Waals surface area contributed by atoms with Crippen LogP contribution in [0.5, 0.6) is 0 Å². The molecule has 0 saturated carbocycles. The number of benzene rings is 1. The summed E-state index contributed by atoms with van der Waals surface area (Å²) in [6.45, 7) is 2.58. The van der Waals surface area contributed by atoms with Crippen LogP contribution in [0.3, 0.4) is 0 Å². The molecule has 0 aliphatic rings. The van der Waals surface area contributed by atoms with E-state index in [-0.39, 0.29) is 0 Å². The van der Waals surface area contributed by atoms with E-state index in [2.05, 4.69) is 51.0 Å². The lowest BCUT2D eigenvalue weighted by molar-refractivity contribution is 0.228. The van der Waals surface area contributed by atoms with E-state index in [4.69, 9.17) is 4.42 Å². The van der Waals surface area contributed by atoms with Crippen molar-refractivity contribution < 1.29 is 4.42 Å². The lowest BCUT2D eigenvalue weighted by Crippen LogP contribution is -2.22. The fourth-order valence-corrected chi connectivity index (χ4v) is 3.66. The highest BCUT2D eigenvalue weighted by molar-refractivity contribution is 7.07. The van der Waals surface area contributed by atoms with Crippen molar-refractivity contribution in [2.45, 2.75) is 19.6 Å².